The number of carbonyl (C=O) groups excluding carboxylic acids is 2. The van der Waals surface area contributed by atoms with Gasteiger partial charge in [0.05, 0.1) is 6.04 Å². The van der Waals surface area contributed by atoms with Crippen LogP contribution in [-0.2, 0) is 20.8 Å². The van der Waals surface area contributed by atoms with E-state index in [-0.39, 0.29) is 17.4 Å². The molecule has 28 heavy (non-hydrogen) atoms. The Kier molecular flexibility index (Phi) is 8.26. The topological polar surface area (TPSA) is 83.5 Å². The van der Waals surface area contributed by atoms with E-state index in [4.69, 9.17) is 0 Å². The maximum atomic E-state index is 12.3. The fourth-order valence-corrected chi connectivity index (χ4v) is 3.62. The summed E-state index contributed by atoms with van der Waals surface area (Å²) in [6, 6.07) is 16.9. The van der Waals surface area contributed by atoms with E-state index in [9.17, 15) is 19.5 Å². The molecule has 0 unspecified atom stereocenters. The average molecular weight is 400 g/mol. The first kappa shape index (κ1) is 21.7. The van der Waals surface area contributed by atoms with Crippen LogP contribution in [0.2, 0.25) is 0 Å². The normalized spacial score (nSPS) is 12.8. The van der Waals surface area contributed by atoms with E-state index < -0.39 is 17.3 Å². The van der Waals surface area contributed by atoms with Crippen molar-refractivity contribution in [3.8, 4) is 11.1 Å². The molecule has 6 heteroatoms. The van der Waals surface area contributed by atoms with E-state index in [1.54, 1.807) is 6.92 Å². The molecule has 0 fully saturated rings. The highest BCUT2D eigenvalue weighted by Crippen LogP contribution is 2.23. The summed E-state index contributed by atoms with van der Waals surface area (Å²) in [5.74, 6) is -1.25. The molecule has 0 aliphatic rings. The van der Waals surface area contributed by atoms with Gasteiger partial charge in [-0.05, 0) is 36.5 Å². The van der Waals surface area contributed by atoms with Gasteiger partial charge in [-0.1, -0.05) is 73.3 Å². The van der Waals surface area contributed by atoms with Crippen LogP contribution in [0.5, 0.6) is 0 Å². The number of rotatable bonds is 9. The minimum absolute atomic E-state index is 0.202. The molecule has 2 atom stereocenters. The summed E-state index contributed by atoms with van der Waals surface area (Å²) >= 11 is 0.763. The fourth-order valence-electron chi connectivity index (χ4n) is 2.70. The molecule has 0 heterocycles. The van der Waals surface area contributed by atoms with Crippen molar-refractivity contribution in [2.45, 2.75) is 44.4 Å². The number of amides is 1. The molecule has 2 aromatic rings. The highest BCUT2D eigenvalue weighted by atomic mass is 32.2. The van der Waals surface area contributed by atoms with Crippen LogP contribution in [0.3, 0.4) is 0 Å². The second kappa shape index (κ2) is 10.7. The second-order valence-electron chi connectivity index (χ2n) is 6.57. The molecule has 1 amide bonds. The lowest BCUT2D eigenvalue weighted by atomic mass is 10.0. The summed E-state index contributed by atoms with van der Waals surface area (Å²) in [7, 11) is 0. The molecule has 148 valence electrons. The van der Waals surface area contributed by atoms with Gasteiger partial charge in [-0.15, -0.1) is 0 Å². The zero-order valence-electron chi connectivity index (χ0n) is 16.1. The summed E-state index contributed by atoms with van der Waals surface area (Å²) in [5, 5.41) is 10.9. The number of nitrogens with one attached hydrogen (secondary N) is 1. The third kappa shape index (κ3) is 6.53. The number of aliphatic carboxylic acids is 1. The van der Waals surface area contributed by atoms with E-state index in [2.05, 4.69) is 5.32 Å². The molecule has 0 aromatic heterocycles. The van der Waals surface area contributed by atoms with Gasteiger partial charge in [0.15, 0.2) is 0 Å². The van der Waals surface area contributed by atoms with E-state index in [1.807, 2.05) is 61.5 Å². The van der Waals surface area contributed by atoms with Crippen molar-refractivity contribution < 1.29 is 19.5 Å². The van der Waals surface area contributed by atoms with Crippen molar-refractivity contribution >= 4 is 28.8 Å². The predicted molar refractivity (Wildman–Crippen MR) is 112 cm³/mol. The number of carboxylic acids is 1. The third-order valence-corrected chi connectivity index (χ3v) is 5.46. The van der Waals surface area contributed by atoms with Gasteiger partial charge in [-0.2, -0.15) is 0 Å². The molecule has 0 saturated carbocycles. The summed E-state index contributed by atoms with van der Waals surface area (Å²) in [4.78, 5) is 35.6. The van der Waals surface area contributed by atoms with Crippen molar-refractivity contribution in [1.82, 2.24) is 5.32 Å². The van der Waals surface area contributed by atoms with Gasteiger partial charge in [0.25, 0.3) is 0 Å². The molecule has 0 aliphatic carbocycles. The molecule has 2 N–H and O–H groups in total. The Morgan fingerprint density at radius 1 is 1.00 bits per heavy atom. The van der Waals surface area contributed by atoms with E-state index in [0.717, 1.165) is 28.5 Å². The van der Waals surface area contributed by atoms with Crippen molar-refractivity contribution in [2.24, 2.45) is 0 Å². The summed E-state index contributed by atoms with van der Waals surface area (Å²) in [6.07, 6.45) is 1.27. The van der Waals surface area contributed by atoms with Crippen LogP contribution < -0.4 is 5.32 Å². The summed E-state index contributed by atoms with van der Waals surface area (Å²) in [6.45, 7) is 3.46. The van der Waals surface area contributed by atoms with E-state index in [1.165, 1.54) is 0 Å². The lowest BCUT2D eigenvalue weighted by Crippen LogP contribution is -2.38. The van der Waals surface area contributed by atoms with Gasteiger partial charge in [0.2, 0.25) is 11.0 Å². The Hall–Kier alpha value is -2.60. The molecule has 0 bridgehead atoms. The van der Waals surface area contributed by atoms with Gasteiger partial charge in [-0.3, -0.25) is 14.4 Å². The number of benzene rings is 2. The Bertz CT molecular complexity index is 805. The van der Waals surface area contributed by atoms with Gasteiger partial charge in [-0.25, -0.2) is 0 Å². The minimum Gasteiger partial charge on any atom is -0.480 e. The highest BCUT2D eigenvalue weighted by molar-refractivity contribution is 8.14. The molecular weight excluding hydrogens is 374 g/mol. The van der Waals surface area contributed by atoms with Gasteiger partial charge in [0.1, 0.15) is 5.25 Å². The Balaban J connectivity index is 1.99. The number of carboxylic acid groups (broad SMARTS) is 1. The Labute approximate surface area is 169 Å². The zero-order valence-corrected chi connectivity index (χ0v) is 16.9. The highest BCUT2D eigenvalue weighted by Gasteiger charge is 2.26. The van der Waals surface area contributed by atoms with Crippen LogP contribution in [0.1, 0.15) is 32.3 Å². The lowest BCUT2D eigenvalue weighted by Gasteiger charge is -2.16. The van der Waals surface area contributed by atoms with Gasteiger partial charge < -0.3 is 10.4 Å². The molecule has 0 aliphatic heterocycles. The Morgan fingerprint density at radius 3 is 2.18 bits per heavy atom. The third-order valence-electron chi connectivity index (χ3n) is 4.22. The van der Waals surface area contributed by atoms with Gasteiger partial charge in [0, 0.05) is 6.42 Å². The standard InChI is InChI=1S/C22H25NO4S/c1-3-7-20(24)23-15(2)22(27)28-19(21(25)26)14-16-10-12-18(13-11-16)17-8-5-4-6-9-17/h4-6,8-13,15,19H,3,7,14H2,1-2H3,(H,23,24)(H,25,26)/t15-,19-/m1/s1. The number of hydrogen-bond acceptors (Lipinski definition) is 4. The number of carbonyl (C=O) groups is 3. The van der Waals surface area contributed by atoms with E-state index >= 15 is 0 Å². The van der Waals surface area contributed by atoms with Crippen LogP contribution in [0.4, 0.5) is 0 Å². The monoisotopic (exact) mass is 399 g/mol. The van der Waals surface area contributed by atoms with Crippen molar-refractivity contribution in [2.75, 3.05) is 0 Å². The SMILES string of the molecule is CCCC(=O)N[C@H](C)C(=O)S[C@H](Cc1ccc(-c2ccccc2)cc1)C(=O)O. The fraction of sp³-hybridized carbons (Fsp3) is 0.318. The van der Waals surface area contributed by atoms with Crippen LogP contribution in [-0.4, -0.2) is 33.4 Å². The van der Waals surface area contributed by atoms with Crippen molar-refractivity contribution in [1.29, 1.82) is 0 Å². The second-order valence-corrected chi connectivity index (χ2v) is 7.78. The van der Waals surface area contributed by atoms with Gasteiger partial charge >= 0.3 is 5.97 Å². The molecular formula is C22H25NO4S. The van der Waals surface area contributed by atoms with Crippen LogP contribution in [0.25, 0.3) is 11.1 Å². The number of hydrogen-bond donors (Lipinski definition) is 2. The quantitative estimate of drug-likeness (QED) is 0.668. The van der Waals surface area contributed by atoms with Crippen LogP contribution in [0, 0.1) is 0 Å². The van der Waals surface area contributed by atoms with Crippen molar-refractivity contribution in [3.05, 3.63) is 60.2 Å². The minimum atomic E-state index is -1.04. The molecule has 2 rings (SSSR count). The largest absolute Gasteiger partial charge is 0.480 e. The smallest absolute Gasteiger partial charge is 0.317 e. The lowest BCUT2D eigenvalue weighted by molar-refractivity contribution is -0.136. The first-order chi connectivity index (χ1) is 13.4. The molecule has 2 aromatic carbocycles. The first-order valence-electron chi connectivity index (χ1n) is 9.27. The summed E-state index contributed by atoms with van der Waals surface area (Å²) < 4.78 is 0. The van der Waals surface area contributed by atoms with Crippen molar-refractivity contribution in [3.63, 3.8) is 0 Å². The molecule has 0 saturated heterocycles. The predicted octanol–water partition coefficient (Wildman–Crippen LogP) is 3.91. The summed E-state index contributed by atoms with van der Waals surface area (Å²) in [5.41, 5.74) is 2.98. The van der Waals surface area contributed by atoms with Crippen LogP contribution >= 0.6 is 11.8 Å². The Morgan fingerprint density at radius 2 is 1.61 bits per heavy atom. The van der Waals surface area contributed by atoms with E-state index in [0.29, 0.717) is 12.8 Å². The first-order valence-corrected chi connectivity index (χ1v) is 10.2. The zero-order chi connectivity index (χ0) is 20.5. The maximum Gasteiger partial charge on any atom is 0.317 e. The maximum absolute atomic E-state index is 12.3. The number of thioether (sulfide) groups is 1. The molecule has 0 radical (unpaired) electrons. The van der Waals surface area contributed by atoms with Crippen LogP contribution in [0.15, 0.2) is 54.6 Å². The molecule has 0 spiro atoms. The average Bonchev–Trinajstić information content (AvgIpc) is 2.68. The molecule has 5 nitrogen and oxygen atoms in total.